The first kappa shape index (κ1) is 25.8. The van der Waals surface area contributed by atoms with Gasteiger partial charge in [-0.2, -0.15) is 0 Å². The van der Waals surface area contributed by atoms with Gasteiger partial charge in [0.05, 0.1) is 0 Å². The van der Waals surface area contributed by atoms with Gasteiger partial charge < -0.3 is 9.32 Å². The second-order valence-electron chi connectivity index (χ2n) is 10.9. The maximum absolute atomic E-state index is 6.32. The number of nitrogens with zero attached hydrogens (tertiary/aromatic N) is 2. The molecule has 0 aliphatic rings. The molecule has 44 heavy (non-hydrogen) atoms. The van der Waals surface area contributed by atoms with Crippen LogP contribution in [0.1, 0.15) is 0 Å². The molecule has 0 bridgehead atoms. The topological polar surface area (TPSA) is 29.3 Å². The van der Waals surface area contributed by atoms with Gasteiger partial charge in [0, 0.05) is 28.0 Å². The van der Waals surface area contributed by atoms with E-state index in [0.29, 0.717) is 5.89 Å². The molecular formula is C41H28N2O. The number of anilines is 3. The molecule has 1 heterocycles. The molecule has 0 aliphatic heterocycles. The van der Waals surface area contributed by atoms with Crippen molar-refractivity contribution in [3.63, 3.8) is 0 Å². The maximum Gasteiger partial charge on any atom is 0.227 e. The molecule has 208 valence electrons. The molecule has 0 aliphatic carbocycles. The Morgan fingerprint density at radius 1 is 0.386 bits per heavy atom. The van der Waals surface area contributed by atoms with Crippen LogP contribution >= 0.6 is 0 Å². The zero-order valence-electron chi connectivity index (χ0n) is 24.0. The highest BCUT2D eigenvalue weighted by atomic mass is 16.3. The lowest BCUT2D eigenvalue weighted by molar-refractivity contribution is 0.623. The highest BCUT2D eigenvalue weighted by molar-refractivity contribution is 6.03. The van der Waals surface area contributed by atoms with Crippen LogP contribution in [0.3, 0.4) is 0 Å². The predicted molar refractivity (Wildman–Crippen MR) is 183 cm³/mol. The van der Waals surface area contributed by atoms with E-state index in [1.807, 2.05) is 30.3 Å². The summed E-state index contributed by atoms with van der Waals surface area (Å²) in [6.45, 7) is 0. The van der Waals surface area contributed by atoms with Crippen molar-refractivity contribution in [2.45, 2.75) is 0 Å². The minimum absolute atomic E-state index is 0.619. The summed E-state index contributed by atoms with van der Waals surface area (Å²) >= 11 is 0. The zero-order chi connectivity index (χ0) is 29.3. The van der Waals surface area contributed by atoms with Gasteiger partial charge in [0.25, 0.3) is 0 Å². The van der Waals surface area contributed by atoms with Crippen LogP contribution in [-0.4, -0.2) is 4.98 Å². The van der Waals surface area contributed by atoms with Gasteiger partial charge in [-0.25, -0.2) is 4.98 Å². The normalized spacial score (nSPS) is 11.2. The molecule has 0 spiro atoms. The van der Waals surface area contributed by atoms with E-state index in [0.717, 1.165) is 44.5 Å². The van der Waals surface area contributed by atoms with Crippen molar-refractivity contribution in [2.75, 3.05) is 4.90 Å². The Morgan fingerprint density at radius 2 is 0.841 bits per heavy atom. The van der Waals surface area contributed by atoms with Crippen LogP contribution in [0.2, 0.25) is 0 Å². The van der Waals surface area contributed by atoms with Gasteiger partial charge in [0.15, 0.2) is 5.58 Å². The standard InChI is InChI=1S/C41H28N2O/c1-3-9-29(10-4-1)31-15-22-35(23-16-31)43(36-24-17-32(18-25-36)30-11-5-2-6-12-30)37-26-19-34(20-27-37)41-42-39-28-21-33-13-7-8-14-38(33)40(39)44-41/h1-28H. The number of rotatable bonds is 6. The number of oxazole rings is 1. The molecule has 3 heteroatoms. The summed E-state index contributed by atoms with van der Waals surface area (Å²) < 4.78 is 6.32. The molecular weight excluding hydrogens is 536 g/mol. The molecule has 8 rings (SSSR count). The van der Waals surface area contributed by atoms with E-state index < -0.39 is 0 Å². The molecule has 1 aromatic heterocycles. The number of fused-ring (bicyclic) bond motifs is 3. The van der Waals surface area contributed by atoms with Crippen LogP contribution < -0.4 is 4.90 Å². The summed E-state index contributed by atoms with van der Waals surface area (Å²) in [4.78, 5) is 7.11. The van der Waals surface area contributed by atoms with E-state index in [4.69, 9.17) is 9.40 Å². The van der Waals surface area contributed by atoms with Crippen molar-refractivity contribution < 1.29 is 4.42 Å². The van der Waals surface area contributed by atoms with Crippen LogP contribution in [0.5, 0.6) is 0 Å². The third kappa shape index (κ3) is 4.81. The summed E-state index contributed by atoms with van der Waals surface area (Å²) in [5.41, 5.74) is 10.6. The van der Waals surface area contributed by atoms with E-state index in [2.05, 4.69) is 144 Å². The largest absolute Gasteiger partial charge is 0.435 e. The average Bonchev–Trinajstić information content (AvgIpc) is 3.55. The van der Waals surface area contributed by atoms with Gasteiger partial charge >= 0.3 is 0 Å². The van der Waals surface area contributed by atoms with Crippen molar-refractivity contribution in [3.8, 4) is 33.7 Å². The van der Waals surface area contributed by atoms with Crippen LogP contribution in [0.25, 0.3) is 55.6 Å². The Labute approximate surface area is 256 Å². The van der Waals surface area contributed by atoms with Gasteiger partial charge in [0.1, 0.15) is 5.52 Å². The van der Waals surface area contributed by atoms with Crippen LogP contribution in [-0.2, 0) is 0 Å². The van der Waals surface area contributed by atoms with Crippen molar-refractivity contribution >= 4 is 38.9 Å². The van der Waals surface area contributed by atoms with E-state index in [1.54, 1.807) is 0 Å². The monoisotopic (exact) mass is 564 g/mol. The molecule has 0 unspecified atom stereocenters. The first-order valence-electron chi connectivity index (χ1n) is 14.8. The zero-order valence-corrected chi connectivity index (χ0v) is 24.0. The highest BCUT2D eigenvalue weighted by Crippen LogP contribution is 2.38. The second kappa shape index (κ2) is 11.0. The van der Waals surface area contributed by atoms with E-state index in [1.165, 1.54) is 22.3 Å². The van der Waals surface area contributed by atoms with Gasteiger partial charge in [-0.15, -0.1) is 0 Å². The van der Waals surface area contributed by atoms with Gasteiger partial charge in [-0.1, -0.05) is 115 Å². The second-order valence-corrected chi connectivity index (χ2v) is 10.9. The Balaban J connectivity index is 1.17. The number of aromatic nitrogens is 1. The van der Waals surface area contributed by atoms with Gasteiger partial charge in [-0.05, 0) is 82.2 Å². The summed E-state index contributed by atoms with van der Waals surface area (Å²) in [5, 5.41) is 2.22. The van der Waals surface area contributed by atoms with Crippen molar-refractivity contribution in [2.24, 2.45) is 0 Å². The summed E-state index contributed by atoms with van der Waals surface area (Å²) in [7, 11) is 0. The fraction of sp³-hybridized carbons (Fsp3) is 0. The Hall–Kier alpha value is -5.93. The summed E-state index contributed by atoms with van der Waals surface area (Å²) in [5.74, 6) is 0.619. The first-order chi connectivity index (χ1) is 21.8. The smallest absolute Gasteiger partial charge is 0.227 e. The van der Waals surface area contributed by atoms with Crippen molar-refractivity contribution in [1.82, 2.24) is 4.98 Å². The number of hydrogen-bond acceptors (Lipinski definition) is 3. The fourth-order valence-electron chi connectivity index (χ4n) is 5.85. The lowest BCUT2D eigenvalue weighted by atomic mass is 10.0. The maximum atomic E-state index is 6.32. The molecule has 3 nitrogen and oxygen atoms in total. The molecule has 8 aromatic rings. The minimum Gasteiger partial charge on any atom is -0.435 e. The first-order valence-corrected chi connectivity index (χ1v) is 14.8. The third-order valence-electron chi connectivity index (χ3n) is 8.12. The molecule has 0 N–H and O–H groups in total. The number of hydrogen-bond donors (Lipinski definition) is 0. The van der Waals surface area contributed by atoms with E-state index in [-0.39, 0.29) is 0 Å². The number of benzene rings is 7. The Bertz CT molecular complexity index is 2100. The Kier molecular flexibility index (Phi) is 6.47. The molecule has 0 saturated heterocycles. The van der Waals surface area contributed by atoms with E-state index in [9.17, 15) is 0 Å². The quantitative estimate of drug-likeness (QED) is 0.201. The van der Waals surface area contributed by atoms with Crippen LogP contribution in [0.4, 0.5) is 17.1 Å². The SMILES string of the molecule is c1ccc(-c2ccc(N(c3ccc(-c4ccccc4)cc3)c3ccc(-c4nc5ccc6ccccc6c5o4)cc3)cc2)cc1. The minimum atomic E-state index is 0.619. The van der Waals surface area contributed by atoms with Crippen molar-refractivity contribution in [3.05, 3.63) is 170 Å². The van der Waals surface area contributed by atoms with Crippen LogP contribution in [0, 0.1) is 0 Å². The molecule has 0 amide bonds. The van der Waals surface area contributed by atoms with Gasteiger partial charge in [0.2, 0.25) is 5.89 Å². The molecule has 7 aromatic carbocycles. The highest BCUT2D eigenvalue weighted by Gasteiger charge is 2.16. The fourth-order valence-corrected chi connectivity index (χ4v) is 5.85. The predicted octanol–water partition coefficient (Wildman–Crippen LogP) is 11.5. The van der Waals surface area contributed by atoms with E-state index >= 15 is 0 Å². The Morgan fingerprint density at radius 3 is 1.39 bits per heavy atom. The molecule has 0 atom stereocenters. The summed E-state index contributed by atoms with van der Waals surface area (Å²) in [6.07, 6.45) is 0. The summed E-state index contributed by atoms with van der Waals surface area (Å²) in [6, 6.07) is 59.3. The van der Waals surface area contributed by atoms with Crippen LogP contribution in [0.15, 0.2) is 174 Å². The molecule has 0 fully saturated rings. The van der Waals surface area contributed by atoms with Gasteiger partial charge in [-0.3, -0.25) is 0 Å². The average molecular weight is 565 g/mol. The molecule has 0 radical (unpaired) electrons. The third-order valence-corrected chi connectivity index (χ3v) is 8.12. The van der Waals surface area contributed by atoms with Crippen molar-refractivity contribution in [1.29, 1.82) is 0 Å². The lowest BCUT2D eigenvalue weighted by Gasteiger charge is -2.26. The molecule has 0 saturated carbocycles. The lowest BCUT2D eigenvalue weighted by Crippen LogP contribution is -2.09.